The molecule has 0 saturated heterocycles. The molecule has 0 aliphatic carbocycles. The van der Waals surface area contributed by atoms with Crippen LogP contribution >= 0.6 is 45.2 Å². The Bertz CT molecular complexity index is 197. The van der Waals surface area contributed by atoms with Crippen LogP contribution in [0.3, 0.4) is 0 Å². The number of esters is 2. The van der Waals surface area contributed by atoms with E-state index in [1.54, 1.807) is 0 Å². The summed E-state index contributed by atoms with van der Waals surface area (Å²) in [4.78, 5) is 22.8. The molecule has 0 aromatic heterocycles. The van der Waals surface area contributed by atoms with Crippen molar-refractivity contribution in [1.82, 2.24) is 0 Å². The van der Waals surface area contributed by atoms with Gasteiger partial charge in [-0.3, -0.25) is 9.59 Å². The monoisotopic (exact) mass is 438 g/mol. The van der Waals surface area contributed by atoms with Crippen molar-refractivity contribution in [1.29, 1.82) is 0 Å². The Hall–Kier alpha value is 0.600. The van der Waals surface area contributed by atoms with Gasteiger partial charge in [0.05, 0.1) is 0 Å². The van der Waals surface area contributed by atoms with Crippen LogP contribution in [-0.2, 0) is 14.3 Å². The molecule has 0 rings (SSSR count). The third kappa shape index (κ3) is 6.70. The average Bonchev–Trinajstić information content (AvgIpc) is 2.18. The largest absolute Gasteiger partial charge is 0.392 e. The summed E-state index contributed by atoms with van der Waals surface area (Å²) >= 11 is 4.03. The molecule has 15 heavy (non-hydrogen) atoms. The average molecular weight is 438 g/mol. The molecule has 0 spiro atoms. The first-order valence-corrected chi connectivity index (χ1v) is 7.55. The van der Waals surface area contributed by atoms with Gasteiger partial charge in [-0.2, -0.15) is 0 Å². The van der Waals surface area contributed by atoms with Crippen molar-refractivity contribution in [3.63, 3.8) is 0 Å². The van der Waals surface area contributed by atoms with Gasteiger partial charge in [-0.25, -0.2) is 0 Å². The highest BCUT2D eigenvalue weighted by Crippen LogP contribution is 2.14. The van der Waals surface area contributed by atoms with Gasteiger partial charge in [-0.15, -0.1) is 0 Å². The Balaban J connectivity index is 4.00. The van der Waals surface area contributed by atoms with Crippen LogP contribution in [0.2, 0.25) is 0 Å². The molecule has 88 valence electrons. The number of halogens is 2. The summed E-state index contributed by atoms with van der Waals surface area (Å²) in [7, 11) is 0. The lowest BCUT2D eigenvalue weighted by atomic mass is 10.2. The third-order valence-electron chi connectivity index (χ3n) is 1.80. The molecule has 0 aromatic rings. The fraction of sp³-hybridized carbons (Fsp3) is 0.800. The highest BCUT2D eigenvalue weighted by molar-refractivity contribution is 14.1. The molecular weight excluding hydrogens is 422 g/mol. The van der Waals surface area contributed by atoms with Crippen LogP contribution in [0.25, 0.3) is 0 Å². The maximum Gasteiger partial charge on any atom is 0.326 e. The number of alkyl halides is 2. The Morgan fingerprint density at radius 2 is 1.33 bits per heavy atom. The van der Waals surface area contributed by atoms with Crippen LogP contribution in [0.1, 0.15) is 39.5 Å². The van der Waals surface area contributed by atoms with Crippen LogP contribution in [0, 0.1) is 0 Å². The van der Waals surface area contributed by atoms with E-state index in [-0.39, 0.29) is 7.85 Å². The maximum atomic E-state index is 11.4. The molecule has 0 radical (unpaired) electrons. The van der Waals surface area contributed by atoms with Gasteiger partial charge in [0.25, 0.3) is 0 Å². The fourth-order valence-corrected chi connectivity index (χ4v) is 2.47. The minimum Gasteiger partial charge on any atom is -0.392 e. The Morgan fingerprint density at radius 3 is 1.60 bits per heavy atom. The second-order valence-corrected chi connectivity index (χ2v) is 6.26. The zero-order valence-corrected chi connectivity index (χ0v) is 13.3. The highest BCUT2D eigenvalue weighted by Gasteiger charge is 2.23. The summed E-state index contributed by atoms with van der Waals surface area (Å²) in [6.45, 7) is 4.00. The summed E-state index contributed by atoms with van der Waals surface area (Å²) in [6, 6.07) is 0. The molecule has 0 heterocycles. The molecule has 0 aromatic carbocycles. The maximum absolute atomic E-state index is 11.4. The zero-order chi connectivity index (χ0) is 11.8. The van der Waals surface area contributed by atoms with Crippen molar-refractivity contribution in [2.75, 3.05) is 0 Å². The summed E-state index contributed by atoms with van der Waals surface area (Å²) in [5.74, 6) is -0.805. The number of carbonyl (C=O) groups is 2. The summed E-state index contributed by atoms with van der Waals surface area (Å²) in [5, 5.41) is 0. The summed E-state index contributed by atoms with van der Waals surface area (Å²) in [5.41, 5.74) is 0. The van der Waals surface area contributed by atoms with E-state index in [9.17, 15) is 9.59 Å². The standard InChI is InChI=1S/C10H16I2O3/c1-3-5-7(11)9(13)15-10(14)8(12)6-4-2/h7-8H,3-6H2,1-2H3. The van der Waals surface area contributed by atoms with Crippen molar-refractivity contribution in [2.24, 2.45) is 0 Å². The Labute approximate surface area is 118 Å². The topological polar surface area (TPSA) is 43.4 Å². The lowest BCUT2D eigenvalue weighted by molar-refractivity contribution is -0.158. The number of hydrogen-bond donors (Lipinski definition) is 0. The summed E-state index contributed by atoms with van der Waals surface area (Å²) < 4.78 is 4.37. The van der Waals surface area contributed by atoms with E-state index < -0.39 is 11.9 Å². The van der Waals surface area contributed by atoms with Gasteiger partial charge in [0.1, 0.15) is 7.85 Å². The Kier molecular flexibility index (Phi) is 9.07. The van der Waals surface area contributed by atoms with Gasteiger partial charge in [-0.1, -0.05) is 71.9 Å². The number of ether oxygens (including phenoxy) is 1. The van der Waals surface area contributed by atoms with Crippen LogP contribution in [0.15, 0.2) is 0 Å². The molecule has 0 fully saturated rings. The quantitative estimate of drug-likeness (QED) is 0.277. The minimum absolute atomic E-state index is 0.207. The molecular formula is C10H16I2O3. The molecule has 3 nitrogen and oxygen atoms in total. The number of rotatable bonds is 6. The first kappa shape index (κ1) is 15.6. The molecule has 2 unspecified atom stereocenters. The minimum atomic E-state index is -0.403. The van der Waals surface area contributed by atoms with Gasteiger partial charge in [-0.05, 0) is 12.8 Å². The lowest BCUT2D eigenvalue weighted by Crippen LogP contribution is -2.26. The number of hydrogen-bond acceptors (Lipinski definition) is 3. The molecule has 5 heteroatoms. The molecule has 2 atom stereocenters. The highest BCUT2D eigenvalue weighted by atomic mass is 127. The molecule has 0 N–H and O–H groups in total. The van der Waals surface area contributed by atoms with Gasteiger partial charge in [0, 0.05) is 0 Å². The van der Waals surface area contributed by atoms with Crippen LogP contribution < -0.4 is 0 Å². The van der Waals surface area contributed by atoms with Crippen LogP contribution in [0.4, 0.5) is 0 Å². The zero-order valence-electron chi connectivity index (χ0n) is 8.96. The molecule has 0 aliphatic heterocycles. The predicted molar refractivity (Wildman–Crippen MR) is 76.5 cm³/mol. The second-order valence-electron chi connectivity index (χ2n) is 3.25. The second kappa shape index (κ2) is 8.72. The first-order valence-electron chi connectivity index (χ1n) is 5.06. The SMILES string of the molecule is CCCC(I)C(=O)OC(=O)C(I)CCC. The van der Waals surface area contributed by atoms with Crippen LogP contribution in [0.5, 0.6) is 0 Å². The van der Waals surface area contributed by atoms with Gasteiger partial charge in [0.2, 0.25) is 0 Å². The van der Waals surface area contributed by atoms with E-state index in [4.69, 9.17) is 4.74 Å². The molecule has 0 saturated carbocycles. The van der Waals surface area contributed by atoms with Crippen molar-refractivity contribution >= 4 is 57.1 Å². The van der Waals surface area contributed by atoms with Crippen molar-refractivity contribution in [2.45, 2.75) is 47.4 Å². The number of carbonyl (C=O) groups excluding carboxylic acids is 2. The van der Waals surface area contributed by atoms with Crippen molar-refractivity contribution in [3.05, 3.63) is 0 Å². The molecule has 0 bridgehead atoms. The van der Waals surface area contributed by atoms with Crippen molar-refractivity contribution < 1.29 is 14.3 Å². The molecule has 0 amide bonds. The van der Waals surface area contributed by atoms with E-state index in [0.717, 1.165) is 25.7 Å². The molecule has 0 aliphatic rings. The fourth-order valence-electron chi connectivity index (χ4n) is 0.970. The van der Waals surface area contributed by atoms with E-state index in [0.29, 0.717) is 0 Å². The third-order valence-corrected chi connectivity index (χ3v) is 4.06. The van der Waals surface area contributed by atoms with Gasteiger partial charge >= 0.3 is 11.9 Å². The van der Waals surface area contributed by atoms with Gasteiger partial charge in [0.15, 0.2) is 0 Å². The van der Waals surface area contributed by atoms with E-state index in [1.807, 2.05) is 59.0 Å². The predicted octanol–water partition coefficient (Wildman–Crippen LogP) is 3.26. The Morgan fingerprint density at radius 1 is 1.00 bits per heavy atom. The van der Waals surface area contributed by atoms with Crippen LogP contribution in [-0.4, -0.2) is 19.8 Å². The summed E-state index contributed by atoms with van der Waals surface area (Å²) in [6.07, 6.45) is 3.35. The van der Waals surface area contributed by atoms with Gasteiger partial charge < -0.3 is 4.74 Å². The van der Waals surface area contributed by atoms with E-state index in [2.05, 4.69) is 0 Å². The normalized spacial score (nSPS) is 14.4. The van der Waals surface area contributed by atoms with E-state index >= 15 is 0 Å². The lowest BCUT2D eigenvalue weighted by Gasteiger charge is -2.10. The van der Waals surface area contributed by atoms with Crippen molar-refractivity contribution in [3.8, 4) is 0 Å². The smallest absolute Gasteiger partial charge is 0.326 e. The first-order chi connectivity index (χ1) is 7.02. The van der Waals surface area contributed by atoms with E-state index in [1.165, 1.54) is 0 Å².